The maximum Gasteiger partial charge on any atom is 0.407 e. The molecular weight excluding hydrogens is 318 g/mol. The summed E-state index contributed by atoms with van der Waals surface area (Å²) in [5.74, 6) is -0.00737. The lowest BCUT2D eigenvalue weighted by Gasteiger charge is -2.31. The Morgan fingerprint density at radius 3 is 2.68 bits per heavy atom. The number of nitrogens with zero attached hydrogens (tertiary/aromatic N) is 2. The van der Waals surface area contributed by atoms with Crippen LogP contribution in [0.1, 0.15) is 18.4 Å². The molecule has 1 unspecified atom stereocenters. The van der Waals surface area contributed by atoms with Gasteiger partial charge in [-0.25, -0.2) is 4.79 Å². The summed E-state index contributed by atoms with van der Waals surface area (Å²) in [5, 5.41) is 2.79. The van der Waals surface area contributed by atoms with Crippen LogP contribution in [-0.2, 0) is 16.0 Å². The van der Waals surface area contributed by atoms with Gasteiger partial charge in [0.05, 0.1) is 6.61 Å². The molecule has 25 heavy (non-hydrogen) atoms. The van der Waals surface area contributed by atoms with Crippen molar-refractivity contribution in [2.24, 2.45) is 0 Å². The molecule has 0 spiro atoms. The van der Waals surface area contributed by atoms with Crippen molar-refractivity contribution >= 4 is 17.7 Å². The van der Waals surface area contributed by atoms with Gasteiger partial charge in [0, 0.05) is 43.5 Å². The van der Waals surface area contributed by atoms with Crippen molar-refractivity contribution < 1.29 is 14.3 Å². The summed E-state index contributed by atoms with van der Waals surface area (Å²) in [6, 6.07) is 13.3. The quantitative estimate of drug-likeness (QED) is 0.909. The molecule has 1 aromatic carbocycles. The molecule has 1 aliphatic heterocycles. The predicted molar refractivity (Wildman–Crippen MR) is 94.2 cm³/mol. The Morgan fingerprint density at radius 1 is 1.20 bits per heavy atom. The minimum Gasteiger partial charge on any atom is -0.449 e. The van der Waals surface area contributed by atoms with E-state index < -0.39 is 6.09 Å². The summed E-state index contributed by atoms with van der Waals surface area (Å²) >= 11 is 0. The Bertz CT molecular complexity index is 706. The molecule has 2 aromatic rings. The molecule has 0 aliphatic carbocycles. The number of amides is 2. The van der Waals surface area contributed by atoms with E-state index >= 15 is 0 Å². The van der Waals surface area contributed by atoms with E-state index in [-0.39, 0.29) is 18.4 Å². The van der Waals surface area contributed by atoms with Gasteiger partial charge < -0.3 is 15.0 Å². The number of hydrogen-bond donors (Lipinski definition) is 1. The second kappa shape index (κ2) is 8.28. The largest absolute Gasteiger partial charge is 0.449 e. The van der Waals surface area contributed by atoms with Crippen LogP contribution < -0.4 is 10.2 Å². The lowest BCUT2D eigenvalue weighted by Crippen LogP contribution is -2.48. The van der Waals surface area contributed by atoms with Crippen LogP contribution in [0.15, 0.2) is 54.9 Å². The van der Waals surface area contributed by atoms with Gasteiger partial charge in [-0.3, -0.25) is 9.78 Å². The Morgan fingerprint density at radius 2 is 1.96 bits per heavy atom. The van der Waals surface area contributed by atoms with Gasteiger partial charge in [-0.05, 0) is 24.1 Å². The number of benzene rings is 1. The molecule has 2 amide bonds. The Kier molecular flexibility index (Phi) is 5.61. The van der Waals surface area contributed by atoms with Crippen LogP contribution in [0.5, 0.6) is 0 Å². The van der Waals surface area contributed by atoms with Crippen LogP contribution in [0.2, 0.25) is 0 Å². The fourth-order valence-electron chi connectivity index (χ4n) is 2.87. The highest BCUT2D eigenvalue weighted by atomic mass is 16.5. The Labute approximate surface area is 146 Å². The minimum absolute atomic E-state index is 0.00737. The lowest BCUT2D eigenvalue weighted by atomic mass is 10.0. The van der Waals surface area contributed by atoms with Gasteiger partial charge in [0.25, 0.3) is 0 Å². The van der Waals surface area contributed by atoms with Crippen molar-refractivity contribution in [1.29, 1.82) is 0 Å². The molecule has 1 aliphatic rings. The molecule has 1 aromatic heterocycles. The van der Waals surface area contributed by atoms with Crippen LogP contribution in [0.4, 0.5) is 10.5 Å². The van der Waals surface area contributed by atoms with Gasteiger partial charge >= 0.3 is 6.09 Å². The number of piperidine rings is 1. The van der Waals surface area contributed by atoms with Crippen molar-refractivity contribution in [2.45, 2.75) is 25.3 Å². The lowest BCUT2D eigenvalue weighted by molar-refractivity contribution is -0.120. The molecule has 6 nitrogen and oxygen atoms in total. The highest BCUT2D eigenvalue weighted by molar-refractivity contribution is 5.94. The van der Waals surface area contributed by atoms with Gasteiger partial charge in [0.1, 0.15) is 0 Å². The summed E-state index contributed by atoms with van der Waals surface area (Å²) in [7, 11) is 0. The normalized spacial score (nSPS) is 17.2. The highest BCUT2D eigenvalue weighted by Crippen LogP contribution is 2.20. The topological polar surface area (TPSA) is 71.5 Å². The standard InChI is InChI=1S/C19H21N3O3/c23-18-14-16(8-12-22(18)17-6-10-20-11-7-17)21-19(24)25-13-9-15-4-2-1-3-5-15/h1-7,10-11,16H,8-9,12-14H2,(H,21,24). The number of pyridine rings is 1. The first-order chi connectivity index (χ1) is 12.2. The van der Waals surface area contributed by atoms with Gasteiger partial charge in [-0.2, -0.15) is 0 Å². The van der Waals surface area contributed by atoms with Crippen molar-refractivity contribution in [1.82, 2.24) is 10.3 Å². The van der Waals surface area contributed by atoms with Gasteiger partial charge in [0.15, 0.2) is 0 Å². The number of alkyl carbamates (subject to hydrolysis) is 1. The third-order valence-corrected chi connectivity index (χ3v) is 4.19. The number of aromatic nitrogens is 1. The number of carbonyl (C=O) groups is 2. The number of anilines is 1. The van der Waals surface area contributed by atoms with E-state index in [2.05, 4.69) is 10.3 Å². The Balaban J connectivity index is 1.42. The molecule has 0 saturated carbocycles. The van der Waals surface area contributed by atoms with E-state index in [0.717, 1.165) is 11.3 Å². The van der Waals surface area contributed by atoms with Crippen LogP contribution in [0.3, 0.4) is 0 Å². The zero-order chi connectivity index (χ0) is 17.5. The number of nitrogens with one attached hydrogen (secondary N) is 1. The zero-order valence-electron chi connectivity index (χ0n) is 13.9. The summed E-state index contributed by atoms with van der Waals surface area (Å²) < 4.78 is 5.21. The van der Waals surface area contributed by atoms with Crippen molar-refractivity contribution in [2.75, 3.05) is 18.1 Å². The van der Waals surface area contributed by atoms with Crippen LogP contribution >= 0.6 is 0 Å². The van der Waals surface area contributed by atoms with Crippen molar-refractivity contribution in [3.63, 3.8) is 0 Å². The van der Waals surface area contributed by atoms with Crippen molar-refractivity contribution in [3.8, 4) is 0 Å². The first-order valence-electron chi connectivity index (χ1n) is 8.40. The first kappa shape index (κ1) is 17.0. The van der Waals surface area contributed by atoms with Gasteiger partial charge in [0.2, 0.25) is 5.91 Å². The molecule has 3 rings (SSSR count). The molecule has 0 bridgehead atoms. The van der Waals surface area contributed by atoms with E-state index in [9.17, 15) is 9.59 Å². The molecule has 130 valence electrons. The second-order valence-electron chi connectivity index (χ2n) is 5.96. The fourth-order valence-corrected chi connectivity index (χ4v) is 2.87. The van der Waals surface area contributed by atoms with Crippen LogP contribution in [0, 0.1) is 0 Å². The van der Waals surface area contributed by atoms with Crippen molar-refractivity contribution in [3.05, 3.63) is 60.4 Å². The smallest absolute Gasteiger partial charge is 0.407 e. The molecular formula is C19H21N3O3. The van der Waals surface area contributed by atoms with Gasteiger partial charge in [-0.1, -0.05) is 30.3 Å². The van der Waals surface area contributed by atoms with E-state index in [1.165, 1.54) is 0 Å². The van der Waals surface area contributed by atoms with Crippen LogP contribution in [0.25, 0.3) is 0 Å². The molecule has 1 atom stereocenters. The third kappa shape index (κ3) is 4.79. The minimum atomic E-state index is -0.467. The zero-order valence-corrected chi connectivity index (χ0v) is 13.9. The molecule has 2 heterocycles. The summed E-state index contributed by atoms with van der Waals surface area (Å²) in [4.78, 5) is 29.9. The second-order valence-corrected chi connectivity index (χ2v) is 5.96. The molecule has 1 saturated heterocycles. The maximum atomic E-state index is 12.3. The van der Waals surface area contributed by atoms with E-state index in [1.54, 1.807) is 17.3 Å². The fraction of sp³-hybridized carbons (Fsp3) is 0.316. The SMILES string of the molecule is O=C(NC1CCN(c2ccncc2)C(=O)C1)OCCc1ccccc1. The summed E-state index contributed by atoms with van der Waals surface area (Å²) in [6.45, 7) is 0.886. The first-order valence-corrected chi connectivity index (χ1v) is 8.40. The number of ether oxygens (including phenoxy) is 1. The number of carbonyl (C=O) groups excluding carboxylic acids is 2. The van der Waals surface area contributed by atoms with E-state index in [1.807, 2.05) is 42.5 Å². The van der Waals surface area contributed by atoms with Gasteiger partial charge in [-0.15, -0.1) is 0 Å². The average Bonchev–Trinajstić information content (AvgIpc) is 2.63. The molecule has 1 N–H and O–H groups in total. The highest BCUT2D eigenvalue weighted by Gasteiger charge is 2.28. The Hall–Kier alpha value is -2.89. The maximum absolute atomic E-state index is 12.3. The average molecular weight is 339 g/mol. The third-order valence-electron chi connectivity index (χ3n) is 4.19. The van der Waals surface area contributed by atoms with Crippen LogP contribution in [-0.4, -0.2) is 36.2 Å². The molecule has 6 heteroatoms. The molecule has 1 fully saturated rings. The summed E-state index contributed by atoms with van der Waals surface area (Å²) in [5.41, 5.74) is 1.96. The van der Waals surface area contributed by atoms with E-state index in [0.29, 0.717) is 26.0 Å². The molecule has 0 radical (unpaired) electrons. The number of hydrogen-bond acceptors (Lipinski definition) is 4. The number of rotatable bonds is 5. The van der Waals surface area contributed by atoms with E-state index in [4.69, 9.17) is 4.74 Å². The summed E-state index contributed by atoms with van der Waals surface area (Å²) in [6.07, 6.45) is 4.51. The predicted octanol–water partition coefficient (Wildman–Crippen LogP) is 2.55. The monoisotopic (exact) mass is 339 g/mol.